The first-order valence-corrected chi connectivity index (χ1v) is 10.2. The molecule has 0 aliphatic rings. The maximum absolute atomic E-state index is 12.1. The van der Waals surface area contributed by atoms with Crippen molar-refractivity contribution in [2.24, 2.45) is 5.10 Å². The lowest BCUT2D eigenvalue weighted by Gasteiger charge is -2.12. The Kier molecular flexibility index (Phi) is 8.17. The molecule has 0 aliphatic carbocycles. The van der Waals surface area contributed by atoms with Crippen LogP contribution in [0.3, 0.4) is 0 Å². The SMILES string of the molecule is CC(Oc1cccc(Cl)c1)C(=O)NN=Cc1ccc(OC(=O)C=Cc2ccccc2)cc1. The van der Waals surface area contributed by atoms with Crippen molar-refractivity contribution in [2.45, 2.75) is 13.0 Å². The molecular weight excluding hydrogens is 428 g/mol. The van der Waals surface area contributed by atoms with Gasteiger partial charge in [0.15, 0.2) is 6.10 Å². The lowest BCUT2D eigenvalue weighted by Crippen LogP contribution is -2.33. The molecule has 6 nitrogen and oxygen atoms in total. The fraction of sp³-hybridized carbons (Fsp3) is 0.0800. The zero-order valence-electron chi connectivity index (χ0n) is 17.3. The van der Waals surface area contributed by atoms with Gasteiger partial charge in [0, 0.05) is 11.1 Å². The third-order valence-corrected chi connectivity index (χ3v) is 4.41. The topological polar surface area (TPSA) is 77.0 Å². The van der Waals surface area contributed by atoms with Gasteiger partial charge in [-0.25, -0.2) is 10.2 Å². The Hall–Kier alpha value is -3.90. The lowest BCUT2D eigenvalue weighted by atomic mass is 10.2. The number of halogens is 1. The summed E-state index contributed by atoms with van der Waals surface area (Å²) in [5.74, 6) is 0.0125. The number of amides is 1. The van der Waals surface area contributed by atoms with Crippen LogP contribution in [-0.2, 0) is 9.59 Å². The van der Waals surface area contributed by atoms with Crippen molar-refractivity contribution in [3.63, 3.8) is 0 Å². The third kappa shape index (κ3) is 7.41. The second-order valence-electron chi connectivity index (χ2n) is 6.69. The van der Waals surface area contributed by atoms with E-state index in [0.717, 1.165) is 5.56 Å². The smallest absolute Gasteiger partial charge is 0.336 e. The summed E-state index contributed by atoms with van der Waals surface area (Å²) in [5, 5.41) is 4.45. The summed E-state index contributed by atoms with van der Waals surface area (Å²) < 4.78 is 10.8. The van der Waals surface area contributed by atoms with Crippen LogP contribution in [0.5, 0.6) is 11.5 Å². The summed E-state index contributed by atoms with van der Waals surface area (Å²) in [6.45, 7) is 1.61. The molecule has 0 saturated heterocycles. The summed E-state index contributed by atoms with van der Waals surface area (Å²) >= 11 is 5.90. The molecule has 32 heavy (non-hydrogen) atoms. The Bertz CT molecular complexity index is 1110. The van der Waals surface area contributed by atoms with Gasteiger partial charge in [0.25, 0.3) is 5.91 Å². The summed E-state index contributed by atoms with van der Waals surface area (Å²) in [6, 6.07) is 23.0. The molecule has 1 amide bonds. The molecule has 162 valence electrons. The van der Waals surface area contributed by atoms with Gasteiger partial charge >= 0.3 is 5.97 Å². The van der Waals surface area contributed by atoms with E-state index in [1.165, 1.54) is 12.3 Å². The number of nitrogens with one attached hydrogen (secondary N) is 1. The maximum atomic E-state index is 12.1. The van der Waals surface area contributed by atoms with Crippen LogP contribution in [0.1, 0.15) is 18.1 Å². The molecule has 1 atom stereocenters. The first-order chi connectivity index (χ1) is 15.5. The van der Waals surface area contributed by atoms with Crippen LogP contribution in [0.2, 0.25) is 5.02 Å². The molecule has 1 unspecified atom stereocenters. The van der Waals surface area contributed by atoms with Gasteiger partial charge in [-0.1, -0.05) is 48.0 Å². The number of hydrazone groups is 1. The largest absolute Gasteiger partial charge is 0.481 e. The molecule has 0 spiro atoms. The van der Waals surface area contributed by atoms with E-state index in [2.05, 4.69) is 10.5 Å². The predicted octanol–water partition coefficient (Wildman–Crippen LogP) is 4.88. The molecule has 1 N–H and O–H groups in total. The lowest BCUT2D eigenvalue weighted by molar-refractivity contribution is -0.129. The van der Waals surface area contributed by atoms with Crippen LogP contribution < -0.4 is 14.9 Å². The number of rotatable bonds is 8. The van der Waals surface area contributed by atoms with E-state index in [1.54, 1.807) is 61.5 Å². The fourth-order valence-corrected chi connectivity index (χ4v) is 2.74. The Morgan fingerprint density at radius 2 is 1.69 bits per heavy atom. The fourth-order valence-electron chi connectivity index (χ4n) is 2.56. The van der Waals surface area contributed by atoms with Crippen molar-refractivity contribution in [2.75, 3.05) is 0 Å². The summed E-state index contributed by atoms with van der Waals surface area (Å²) in [4.78, 5) is 24.0. The minimum Gasteiger partial charge on any atom is -0.481 e. The van der Waals surface area contributed by atoms with Gasteiger partial charge in [0.2, 0.25) is 0 Å². The average molecular weight is 449 g/mol. The van der Waals surface area contributed by atoms with Crippen molar-refractivity contribution in [3.8, 4) is 11.5 Å². The van der Waals surface area contributed by atoms with E-state index in [9.17, 15) is 9.59 Å². The van der Waals surface area contributed by atoms with Gasteiger partial charge in [-0.15, -0.1) is 0 Å². The molecule has 7 heteroatoms. The number of carbonyl (C=O) groups excluding carboxylic acids is 2. The highest BCUT2D eigenvalue weighted by Gasteiger charge is 2.13. The highest BCUT2D eigenvalue weighted by Crippen LogP contribution is 2.18. The van der Waals surface area contributed by atoms with Crippen molar-refractivity contribution < 1.29 is 19.1 Å². The van der Waals surface area contributed by atoms with Gasteiger partial charge in [0.05, 0.1) is 6.21 Å². The van der Waals surface area contributed by atoms with Crippen molar-refractivity contribution in [3.05, 3.63) is 101 Å². The van der Waals surface area contributed by atoms with Crippen molar-refractivity contribution in [1.29, 1.82) is 0 Å². The van der Waals surface area contributed by atoms with Crippen LogP contribution in [0.4, 0.5) is 0 Å². The number of hydrogen-bond acceptors (Lipinski definition) is 5. The number of benzene rings is 3. The Morgan fingerprint density at radius 1 is 0.938 bits per heavy atom. The standard InChI is InChI=1S/C25H21ClN2O4/c1-18(31-23-9-5-8-21(26)16-23)25(30)28-27-17-20-10-13-22(14-11-20)32-24(29)15-12-19-6-3-2-4-7-19/h2-18H,1H3,(H,28,30). The maximum Gasteiger partial charge on any atom is 0.336 e. The van der Waals surface area contributed by atoms with Gasteiger partial charge in [-0.05, 0) is 66.6 Å². The Morgan fingerprint density at radius 3 is 2.41 bits per heavy atom. The number of nitrogens with zero attached hydrogens (tertiary/aromatic N) is 1. The van der Waals surface area contributed by atoms with Gasteiger partial charge in [0.1, 0.15) is 11.5 Å². The third-order valence-electron chi connectivity index (χ3n) is 4.18. The van der Waals surface area contributed by atoms with Crippen LogP contribution in [0.15, 0.2) is 90.0 Å². The summed E-state index contributed by atoms with van der Waals surface area (Å²) in [6.07, 6.45) is 3.78. The molecule has 3 aromatic carbocycles. The second kappa shape index (κ2) is 11.5. The molecule has 0 aliphatic heterocycles. The first-order valence-electron chi connectivity index (χ1n) is 9.80. The average Bonchev–Trinajstić information content (AvgIpc) is 2.79. The van der Waals surface area contributed by atoms with Crippen LogP contribution in [-0.4, -0.2) is 24.2 Å². The van der Waals surface area contributed by atoms with Crippen molar-refractivity contribution >= 4 is 35.8 Å². The zero-order valence-corrected chi connectivity index (χ0v) is 18.0. The van der Waals surface area contributed by atoms with E-state index >= 15 is 0 Å². The van der Waals surface area contributed by atoms with Gasteiger partial charge in [-0.2, -0.15) is 5.10 Å². The molecule has 0 radical (unpaired) electrons. The Labute approximate surface area is 191 Å². The highest BCUT2D eigenvalue weighted by atomic mass is 35.5. The van der Waals surface area contributed by atoms with E-state index < -0.39 is 18.0 Å². The van der Waals surface area contributed by atoms with E-state index in [1.807, 2.05) is 30.3 Å². The van der Waals surface area contributed by atoms with E-state index in [0.29, 0.717) is 22.1 Å². The van der Waals surface area contributed by atoms with E-state index in [4.69, 9.17) is 21.1 Å². The zero-order chi connectivity index (χ0) is 22.8. The van der Waals surface area contributed by atoms with Gasteiger partial charge < -0.3 is 9.47 Å². The predicted molar refractivity (Wildman–Crippen MR) is 125 cm³/mol. The van der Waals surface area contributed by atoms with Crippen LogP contribution in [0.25, 0.3) is 6.08 Å². The summed E-state index contributed by atoms with van der Waals surface area (Å²) in [5.41, 5.74) is 4.05. The molecule has 3 aromatic rings. The minimum atomic E-state index is -0.753. The molecule has 0 aromatic heterocycles. The number of carbonyl (C=O) groups is 2. The van der Waals surface area contributed by atoms with Crippen LogP contribution in [0, 0.1) is 0 Å². The normalized spacial score (nSPS) is 11.9. The molecule has 0 bridgehead atoms. The summed E-state index contributed by atoms with van der Waals surface area (Å²) in [7, 11) is 0. The number of esters is 1. The number of ether oxygens (including phenoxy) is 2. The molecule has 0 saturated carbocycles. The molecule has 0 fully saturated rings. The quantitative estimate of drug-likeness (QED) is 0.175. The van der Waals surface area contributed by atoms with E-state index in [-0.39, 0.29) is 0 Å². The number of hydrogen-bond donors (Lipinski definition) is 1. The second-order valence-corrected chi connectivity index (χ2v) is 7.12. The molecule has 3 rings (SSSR count). The highest BCUT2D eigenvalue weighted by molar-refractivity contribution is 6.30. The van der Waals surface area contributed by atoms with Crippen LogP contribution >= 0.6 is 11.6 Å². The monoisotopic (exact) mass is 448 g/mol. The first kappa shape index (κ1) is 22.8. The van der Waals surface area contributed by atoms with Gasteiger partial charge in [-0.3, -0.25) is 4.79 Å². The van der Waals surface area contributed by atoms with Crippen molar-refractivity contribution in [1.82, 2.24) is 5.43 Å². The minimum absolute atomic E-state index is 0.400. The molecular formula is C25H21ClN2O4. The molecule has 0 heterocycles. The Balaban J connectivity index is 1.46.